The van der Waals surface area contributed by atoms with Crippen molar-refractivity contribution in [2.75, 3.05) is 13.2 Å². The molecule has 0 saturated carbocycles. The number of hydrogen-bond donors (Lipinski definition) is 2. The molecule has 0 radical (unpaired) electrons. The van der Waals surface area contributed by atoms with Crippen LogP contribution in [0.25, 0.3) is 6.08 Å². The third-order valence-electron chi connectivity index (χ3n) is 4.14. The summed E-state index contributed by atoms with van der Waals surface area (Å²) in [5, 5.41) is 13.2. The molecule has 1 heterocycles. The van der Waals surface area contributed by atoms with Crippen LogP contribution < -0.4 is 10.1 Å². The first-order valence-corrected chi connectivity index (χ1v) is 8.04. The molecule has 0 aromatic heterocycles. The van der Waals surface area contributed by atoms with Crippen LogP contribution >= 0.6 is 0 Å². The molecule has 0 aliphatic carbocycles. The fourth-order valence-corrected chi connectivity index (χ4v) is 2.70. The summed E-state index contributed by atoms with van der Waals surface area (Å²) in [6.07, 6.45) is 4.16. The Kier molecular flexibility index (Phi) is 4.67. The van der Waals surface area contributed by atoms with Gasteiger partial charge >= 0.3 is 0 Å². The minimum atomic E-state index is -1.10. The molecule has 0 fully saturated rings. The molecule has 4 heteroatoms. The fraction of sp³-hybridized carbons (Fsp3) is 0.250. The van der Waals surface area contributed by atoms with Crippen LogP contribution in [0.2, 0.25) is 0 Å². The van der Waals surface area contributed by atoms with Gasteiger partial charge in [-0.3, -0.25) is 4.79 Å². The Bertz CT molecular complexity index is 751. The van der Waals surface area contributed by atoms with Gasteiger partial charge in [0.2, 0.25) is 5.91 Å². The smallest absolute Gasteiger partial charge is 0.244 e. The molecule has 2 N–H and O–H groups in total. The van der Waals surface area contributed by atoms with E-state index in [2.05, 4.69) is 5.32 Å². The zero-order valence-electron chi connectivity index (χ0n) is 13.7. The largest absolute Gasteiger partial charge is 0.493 e. The van der Waals surface area contributed by atoms with E-state index in [1.165, 1.54) is 11.6 Å². The summed E-state index contributed by atoms with van der Waals surface area (Å²) in [5.74, 6) is 0.693. The third kappa shape index (κ3) is 3.84. The van der Waals surface area contributed by atoms with E-state index in [9.17, 15) is 9.90 Å². The van der Waals surface area contributed by atoms with Crippen LogP contribution in [0.1, 0.15) is 23.6 Å². The monoisotopic (exact) mass is 323 g/mol. The van der Waals surface area contributed by atoms with Gasteiger partial charge in [-0.05, 0) is 41.8 Å². The van der Waals surface area contributed by atoms with E-state index in [1.54, 1.807) is 13.0 Å². The highest BCUT2D eigenvalue weighted by atomic mass is 16.5. The van der Waals surface area contributed by atoms with Crippen molar-refractivity contribution < 1.29 is 14.6 Å². The molecule has 24 heavy (non-hydrogen) atoms. The van der Waals surface area contributed by atoms with Crippen molar-refractivity contribution in [3.05, 3.63) is 71.3 Å². The van der Waals surface area contributed by atoms with Gasteiger partial charge in [0.05, 0.1) is 13.2 Å². The number of rotatable bonds is 5. The Morgan fingerprint density at radius 2 is 2.08 bits per heavy atom. The standard InChI is InChI=1S/C20H21NO3/c1-20(23,17-5-3-2-4-6-17)14-21-19(22)10-8-15-7-9-18-16(13-15)11-12-24-18/h2-10,13,23H,11-12,14H2,1H3,(H,21,22). The highest BCUT2D eigenvalue weighted by Gasteiger charge is 2.22. The summed E-state index contributed by atoms with van der Waals surface area (Å²) < 4.78 is 5.47. The fourth-order valence-electron chi connectivity index (χ4n) is 2.70. The second kappa shape index (κ2) is 6.89. The SMILES string of the molecule is CC(O)(CNC(=O)C=Cc1ccc2c(c1)CCO2)c1ccccc1. The molecule has 1 unspecified atom stereocenters. The van der Waals surface area contributed by atoms with E-state index >= 15 is 0 Å². The number of hydrogen-bond acceptors (Lipinski definition) is 3. The van der Waals surface area contributed by atoms with Crippen LogP contribution in [0, 0.1) is 0 Å². The van der Waals surface area contributed by atoms with E-state index in [0.717, 1.165) is 29.9 Å². The molecule has 0 saturated heterocycles. The summed E-state index contributed by atoms with van der Waals surface area (Å²) in [4.78, 5) is 12.0. The topological polar surface area (TPSA) is 58.6 Å². The lowest BCUT2D eigenvalue weighted by molar-refractivity contribution is -0.117. The third-order valence-corrected chi connectivity index (χ3v) is 4.14. The molecule has 1 atom stereocenters. The number of carbonyl (C=O) groups is 1. The lowest BCUT2D eigenvalue weighted by Crippen LogP contribution is -2.37. The Balaban J connectivity index is 1.57. The maximum atomic E-state index is 12.0. The van der Waals surface area contributed by atoms with Gasteiger partial charge in [0.25, 0.3) is 0 Å². The Morgan fingerprint density at radius 1 is 1.29 bits per heavy atom. The van der Waals surface area contributed by atoms with Crippen molar-refractivity contribution in [1.82, 2.24) is 5.32 Å². The van der Waals surface area contributed by atoms with Gasteiger partial charge in [0.1, 0.15) is 11.4 Å². The molecule has 0 bridgehead atoms. The minimum absolute atomic E-state index is 0.151. The average Bonchev–Trinajstić information content (AvgIpc) is 3.07. The quantitative estimate of drug-likeness (QED) is 0.832. The zero-order chi connectivity index (χ0) is 17.0. The molecule has 0 spiro atoms. The maximum absolute atomic E-state index is 12.0. The van der Waals surface area contributed by atoms with Gasteiger partial charge in [0, 0.05) is 12.5 Å². The first-order chi connectivity index (χ1) is 11.5. The summed E-state index contributed by atoms with van der Waals surface area (Å²) >= 11 is 0. The van der Waals surface area contributed by atoms with Crippen molar-refractivity contribution in [2.45, 2.75) is 18.9 Å². The summed E-state index contributed by atoms with van der Waals surface area (Å²) in [6, 6.07) is 15.2. The van der Waals surface area contributed by atoms with Gasteiger partial charge in [0.15, 0.2) is 0 Å². The molecule has 1 aliphatic heterocycles. The van der Waals surface area contributed by atoms with Gasteiger partial charge in [-0.15, -0.1) is 0 Å². The summed E-state index contributed by atoms with van der Waals surface area (Å²) in [6.45, 7) is 2.56. The molecule has 3 rings (SSSR count). The highest BCUT2D eigenvalue weighted by molar-refractivity contribution is 5.91. The lowest BCUT2D eigenvalue weighted by atomic mass is 9.96. The number of fused-ring (bicyclic) bond motifs is 1. The van der Waals surface area contributed by atoms with E-state index in [-0.39, 0.29) is 12.5 Å². The van der Waals surface area contributed by atoms with Crippen LogP contribution in [0.15, 0.2) is 54.6 Å². The number of ether oxygens (including phenoxy) is 1. The predicted octanol–water partition coefficient (Wildman–Crippen LogP) is 2.66. The molecule has 4 nitrogen and oxygen atoms in total. The second-order valence-corrected chi connectivity index (χ2v) is 6.16. The Morgan fingerprint density at radius 3 is 2.88 bits per heavy atom. The van der Waals surface area contributed by atoms with Crippen LogP contribution in [0.3, 0.4) is 0 Å². The molecular weight excluding hydrogens is 302 g/mol. The first kappa shape index (κ1) is 16.3. The number of aliphatic hydroxyl groups is 1. The summed E-state index contributed by atoms with van der Waals surface area (Å²) in [7, 11) is 0. The van der Waals surface area contributed by atoms with Gasteiger partial charge in [-0.25, -0.2) is 0 Å². The van der Waals surface area contributed by atoms with Crippen molar-refractivity contribution in [3.8, 4) is 5.75 Å². The van der Waals surface area contributed by atoms with Crippen molar-refractivity contribution >= 4 is 12.0 Å². The number of nitrogens with one attached hydrogen (secondary N) is 1. The predicted molar refractivity (Wildman–Crippen MR) is 93.7 cm³/mol. The lowest BCUT2D eigenvalue weighted by Gasteiger charge is -2.23. The van der Waals surface area contributed by atoms with E-state index in [0.29, 0.717) is 0 Å². The van der Waals surface area contributed by atoms with Gasteiger partial charge in [-0.2, -0.15) is 0 Å². The van der Waals surface area contributed by atoms with E-state index in [1.807, 2.05) is 48.5 Å². The number of benzene rings is 2. The van der Waals surface area contributed by atoms with Crippen molar-refractivity contribution in [1.29, 1.82) is 0 Å². The van der Waals surface area contributed by atoms with Crippen molar-refractivity contribution in [3.63, 3.8) is 0 Å². The molecule has 2 aromatic carbocycles. The zero-order valence-corrected chi connectivity index (χ0v) is 13.7. The molecule has 124 valence electrons. The minimum Gasteiger partial charge on any atom is -0.493 e. The number of amides is 1. The molecule has 2 aromatic rings. The molecule has 1 aliphatic rings. The highest BCUT2D eigenvalue weighted by Crippen LogP contribution is 2.26. The van der Waals surface area contributed by atoms with E-state index in [4.69, 9.17) is 4.74 Å². The summed E-state index contributed by atoms with van der Waals surface area (Å²) in [5.41, 5.74) is 1.80. The average molecular weight is 323 g/mol. The Labute approximate surface area is 141 Å². The van der Waals surface area contributed by atoms with Gasteiger partial charge in [-0.1, -0.05) is 36.4 Å². The maximum Gasteiger partial charge on any atom is 0.244 e. The van der Waals surface area contributed by atoms with Crippen LogP contribution in [-0.4, -0.2) is 24.2 Å². The molecular formula is C20H21NO3. The van der Waals surface area contributed by atoms with Crippen LogP contribution in [-0.2, 0) is 16.8 Å². The van der Waals surface area contributed by atoms with E-state index < -0.39 is 5.60 Å². The first-order valence-electron chi connectivity index (χ1n) is 8.04. The van der Waals surface area contributed by atoms with Crippen LogP contribution in [0.4, 0.5) is 0 Å². The Hall–Kier alpha value is -2.59. The normalized spacial score (nSPS) is 15.6. The van der Waals surface area contributed by atoms with Crippen LogP contribution in [0.5, 0.6) is 5.75 Å². The number of carbonyl (C=O) groups excluding carboxylic acids is 1. The second-order valence-electron chi connectivity index (χ2n) is 6.16. The van der Waals surface area contributed by atoms with Gasteiger partial charge < -0.3 is 15.2 Å². The van der Waals surface area contributed by atoms with Crippen molar-refractivity contribution in [2.24, 2.45) is 0 Å². The molecule has 1 amide bonds.